The molecule has 1 aromatic carbocycles. The van der Waals surface area contributed by atoms with Crippen molar-refractivity contribution < 1.29 is 13.2 Å². The van der Waals surface area contributed by atoms with Crippen molar-refractivity contribution in [3.63, 3.8) is 0 Å². The molecular formula is C21H27ClN4O3S2. The van der Waals surface area contributed by atoms with Crippen molar-refractivity contribution in [3.8, 4) is 0 Å². The average Bonchev–Trinajstić information content (AvgIpc) is 3.10. The summed E-state index contributed by atoms with van der Waals surface area (Å²) < 4.78 is 28.1. The van der Waals surface area contributed by atoms with Crippen LogP contribution < -0.4 is 0 Å². The summed E-state index contributed by atoms with van der Waals surface area (Å²) in [6.45, 7) is 6.55. The van der Waals surface area contributed by atoms with E-state index in [2.05, 4.69) is 23.9 Å². The Kier molecular flexibility index (Phi) is 8.13. The Morgan fingerprint density at radius 3 is 2.45 bits per heavy atom. The third-order valence-electron chi connectivity index (χ3n) is 4.77. The highest BCUT2D eigenvalue weighted by atomic mass is 35.5. The molecule has 168 valence electrons. The normalized spacial score (nSPS) is 11.5. The van der Waals surface area contributed by atoms with Gasteiger partial charge in [-0.1, -0.05) is 32.0 Å². The first-order valence-electron chi connectivity index (χ1n) is 9.66. The second-order valence-electron chi connectivity index (χ2n) is 7.58. The number of sulfone groups is 1. The maximum absolute atomic E-state index is 13.4. The molecule has 0 aliphatic carbocycles. The summed E-state index contributed by atoms with van der Waals surface area (Å²) in [4.78, 5) is 19.4. The summed E-state index contributed by atoms with van der Waals surface area (Å²) in [6, 6.07) is 9.85. The van der Waals surface area contributed by atoms with E-state index in [0.29, 0.717) is 28.9 Å². The number of carbonyl (C=O) groups is 1. The molecule has 0 unspecified atom stereocenters. The van der Waals surface area contributed by atoms with Crippen LogP contribution in [0.2, 0.25) is 0 Å². The van der Waals surface area contributed by atoms with Crippen LogP contribution in [0.15, 0.2) is 51.2 Å². The molecule has 0 saturated heterocycles. The lowest BCUT2D eigenvalue weighted by Crippen LogP contribution is -2.30. The van der Waals surface area contributed by atoms with Crippen LogP contribution in [0.25, 0.3) is 5.65 Å². The van der Waals surface area contributed by atoms with Crippen LogP contribution in [0, 0.1) is 12.8 Å². The molecule has 0 aliphatic heterocycles. The van der Waals surface area contributed by atoms with Crippen LogP contribution >= 0.6 is 24.2 Å². The molecule has 7 nitrogen and oxygen atoms in total. The van der Waals surface area contributed by atoms with E-state index in [9.17, 15) is 13.2 Å². The zero-order chi connectivity index (χ0) is 22.1. The topological polar surface area (TPSA) is 84.6 Å². The molecule has 0 N–H and O–H groups in total. The van der Waals surface area contributed by atoms with Gasteiger partial charge >= 0.3 is 0 Å². The second-order valence-corrected chi connectivity index (χ2v) is 10.3. The summed E-state index contributed by atoms with van der Waals surface area (Å²) in [5, 5.41) is 4.77. The number of hydrogen-bond donors (Lipinski definition) is 0. The van der Waals surface area contributed by atoms with Gasteiger partial charge < -0.3 is 4.90 Å². The molecule has 10 heteroatoms. The Morgan fingerprint density at radius 1 is 1.23 bits per heavy atom. The monoisotopic (exact) mass is 482 g/mol. The van der Waals surface area contributed by atoms with E-state index < -0.39 is 9.84 Å². The zero-order valence-electron chi connectivity index (χ0n) is 18.2. The Bertz CT molecular complexity index is 1180. The van der Waals surface area contributed by atoms with Gasteiger partial charge in [-0.25, -0.2) is 17.9 Å². The van der Waals surface area contributed by atoms with Crippen LogP contribution in [-0.4, -0.2) is 53.7 Å². The SMILES string of the molecule is CSc1nn2c(C(=O)N(C)CCC(C)C)cc(C)nc2c1S(=O)(=O)c1ccccc1.Cl. The first kappa shape index (κ1) is 25.2. The van der Waals surface area contributed by atoms with Crippen molar-refractivity contribution in [3.05, 3.63) is 47.8 Å². The van der Waals surface area contributed by atoms with E-state index in [0.717, 1.165) is 6.42 Å². The fraction of sp³-hybridized carbons (Fsp3) is 0.381. The quantitative estimate of drug-likeness (QED) is 0.470. The van der Waals surface area contributed by atoms with Crippen LogP contribution in [0.5, 0.6) is 0 Å². The summed E-state index contributed by atoms with van der Waals surface area (Å²) in [7, 11) is -2.11. The number of hydrogen-bond acceptors (Lipinski definition) is 6. The highest BCUT2D eigenvalue weighted by Gasteiger charge is 2.30. The first-order valence-corrected chi connectivity index (χ1v) is 12.4. The van der Waals surface area contributed by atoms with Gasteiger partial charge in [-0.3, -0.25) is 4.79 Å². The van der Waals surface area contributed by atoms with Crippen molar-refractivity contribution in [1.29, 1.82) is 0 Å². The van der Waals surface area contributed by atoms with Gasteiger partial charge in [0, 0.05) is 19.3 Å². The molecule has 0 bridgehead atoms. The number of benzene rings is 1. The molecule has 0 spiro atoms. The molecule has 2 aromatic heterocycles. The molecule has 0 atom stereocenters. The van der Waals surface area contributed by atoms with E-state index in [1.807, 2.05) is 0 Å². The average molecular weight is 483 g/mol. The number of amides is 1. The number of rotatable bonds is 7. The fourth-order valence-electron chi connectivity index (χ4n) is 3.09. The number of fused-ring (bicyclic) bond motifs is 1. The Hall–Kier alpha value is -2.10. The van der Waals surface area contributed by atoms with Crippen LogP contribution in [0.1, 0.15) is 36.5 Å². The Morgan fingerprint density at radius 2 is 1.87 bits per heavy atom. The second kappa shape index (κ2) is 10.0. The number of carbonyl (C=O) groups excluding carboxylic acids is 1. The maximum Gasteiger partial charge on any atom is 0.272 e. The van der Waals surface area contributed by atoms with Gasteiger partial charge in [0.25, 0.3) is 5.91 Å². The van der Waals surface area contributed by atoms with Gasteiger partial charge in [-0.15, -0.1) is 24.2 Å². The number of halogens is 1. The minimum absolute atomic E-state index is 0. The van der Waals surface area contributed by atoms with Crippen LogP contribution in [0.4, 0.5) is 0 Å². The fourth-order valence-corrected chi connectivity index (χ4v) is 5.50. The van der Waals surface area contributed by atoms with Gasteiger partial charge in [-0.05, 0) is 43.7 Å². The highest BCUT2D eigenvalue weighted by Crippen LogP contribution is 2.32. The van der Waals surface area contributed by atoms with Crippen molar-refractivity contribution in [2.24, 2.45) is 5.92 Å². The number of nitrogens with zero attached hydrogens (tertiary/aromatic N) is 4. The van der Waals surface area contributed by atoms with E-state index in [4.69, 9.17) is 0 Å². The molecule has 1 amide bonds. The highest BCUT2D eigenvalue weighted by molar-refractivity contribution is 7.99. The summed E-state index contributed by atoms with van der Waals surface area (Å²) in [5.74, 6) is 0.250. The molecule has 0 fully saturated rings. The number of thioether (sulfide) groups is 1. The van der Waals surface area contributed by atoms with Gasteiger partial charge in [0.15, 0.2) is 10.5 Å². The van der Waals surface area contributed by atoms with Crippen molar-refractivity contribution in [2.45, 2.75) is 42.0 Å². The zero-order valence-corrected chi connectivity index (χ0v) is 20.6. The minimum Gasteiger partial charge on any atom is -0.340 e. The third-order valence-corrected chi connectivity index (χ3v) is 7.38. The summed E-state index contributed by atoms with van der Waals surface area (Å²) >= 11 is 1.22. The number of aryl methyl sites for hydroxylation is 1. The molecule has 3 rings (SSSR count). The van der Waals surface area contributed by atoms with E-state index >= 15 is 0 Å². The molecule has 0 aliphatic rings. The van der Waals surface area contributed by atoms with Gasteiger partial charge in [0.2, 0.25) is 9.84 Å². The molecule has 2 heterocycles. The van der Waals surface area contributed by atoms with Gasteiger partial charge in [0.1, 0.15) is 10.7 Å². The summed E-state index contributed by atoms with van der Waals surface area (Å²) in [5.41, 5.74) is 1.03. The Balaban J connectivity index is 0.00000341. The number of aromatic nitrogens is 3. The lowest BCUT2D eigenvalue weighted by Gasteiger charge is -2.19. The molecule has 31 heavy (non-hydrogen) atoms. The molecular weight excluding hydrogens is 456 g/mol. The lowest BCUT2D eigenvalue weighted by molar-refractivity contribution is 0.0780. The molecule has 0 saturated carbocycles. The van der Waals surface area contributed by atoms with Crippen LogP contribution in [-0.2, 0) is 9.84 Å². The molecule has 0 radical (unpaired) electrons. The van der Waals surface area contributed by atoms with E-state index in [1.54, 1.807) is 61.5 Å². The van der Waals surface area contributed by atoms with Crippen LogP contribution in [0.3, 0.4) is 0 Å². The van der Waals surface area contributed by atoms with Crippen molar-refractivity contribution in [1.82, 2.24) is 19.5 Å². The van der Waals surface area contributed by atoms with Gasteiger partial charge in [0.05, 0.1) is 4.90 Å². The minimum atomic E-state index is -3.86. The standard InChI is InChI=1S/C21H26N4O3S2.ClH/c1-14(2)11-12-24(4)21(26)17-13-15(3)22-19-18(20(29-5)23-25(17)19)30(27,28)16-9-7-6-8-10-16;/h6-10,13-14H,11-12H2,1-5H3;1H. The Labute approximate surface area is 193 Å². The predicted molar refractivity (Wildman–Crippen MR) is 125 cm³/mol. The third kappa shape index (κ3) is 5.05. The smallest absolute Gasteiger partial charge is 0.272 e. The molecule has 3 aromatic rings. The first-order chi connectivity index (χ1) is 14.2. The maximum atomic E-state index is 13.4. The predicted octanol–water partition coefficient (Wildman–Crippen LogP) is 4.13. The van der Waals surface area contributed by atoms with E-state index in [-0.39, 0.29) is 33.8 Å². The summed E-state index contributed by atoms with van der Waals surface area (Å²) in [6.07, 6.45) is 2.63. The largest absolute Gasteiger partial charge is 0.340 e. The van der Waals surface area contributed by atoms with Gasteiger partial charge in [-0.2, -0.15) is 5.10 Å². The van der Waals surface area contributed by atoms with Crippen molar-refractivity contribution >= 4 is 45.6 Å². The van der Waals surface area contributed by atoms with E-state index in [1.165, 1.54) is 16.3 Å². The van der Waals surface area contributed by atoms with Crippen molar-refractivity contribution in [2.75, 3.05) is 19.8 Å². The lowest BCUT2D eigenvalue weighted by atomic mass is 10.1.